The first-order valence-corrected chi connectivity index (χ1v) is 10.6. The number of hydrogen-bond acceptors (Lipinski definition) is 3. The number of rotatable bonds is 4. The lowest BCUT2D eigenvalue weighted by molar-refractivity contribution is 0.0976. The molecule has 1 aliphatic rings. The molecule has 0 amide bonds. The molecule has 0 heterocycles. The topological polar surface area (TPSA) is 34.1 Å². The van der Waals surface area contributed by atoms with Gasteiger partial charge in [0.25, 0.3) is 0 Å². The first-order valence-electron chi connectivity index (χ1n) is 9.83. The van der Waals surface area contributed by atoms with Gasteiger partial charge in [-0.1, -0.05) is 90.6 Å². The first-order chi connectivity index (χ1) is 14.7. The Morgan fingerprint density at radius 2 is 1.20 bits per heavy atom. The maximum Gasteiger partial charge on any atom is 0.195 e. The molecule has 0 bridgehead atoms. The van der Waals surface area contributed by atoms with Crippen LogP contribution >= 0.6 is 11.8 Å². The highest BCUT2D eigenvalue weighted by molar-refractivity contribution is 7.99. The molecule has 0 radical (unpaired) electrons. The Balaban J connectivity index is 1.62. The van der Waals surface area contributed by atoms with Crippen LogP contribution in [0.15, 0.2) is 107 Å². The predicted molar refractivity (Wildman–Crippen MR) is 120 cm³/mol. The lowest BCUT2D eigenvalue weighted by Crippen LogP contribution is -2.23. The zero-order valence-electron chi connectivity index (χ0n) is 16.2. The van der Waals surface area contributed by atoms with E-state index in [2.05, 4.69) is 0 Å². The maximum absolute atomic E-state index is 13.7. The normalized spacial score (nSPS) is 12.4. The predicted octanol–water partition coefficient (Wildman–Crippen LogP) is 6.20. The van der Waals surface area contributed by atoms with E-state index < -0.39 is 0 Å². The van der Waals surface area contributed by atoms with Gasteiger partial charge in [-0.3, -0.25) is 9.59 Å². The Morgan fingerprint density at radius 3 is 1.93 bits per heavy atom. The van der Waals surface area contributed by atoms with Crippen molar-refractivity contribution >= 4 is 23.3 Å². The van der Waals surface area contributed by atoms with Crippen molar-refractivity contribution in [2.75, 3.05) is 0 Å². The van der Waals surface area contributed by atoms with Crippen molar-refractivity contribution in [3.63, 3.8) is 0 Å². The van der Waals surface area contributed by atoms with Gasteiger partial charge in [0.15, 0.2) is 11.6 Å². The average Bonchev–Trinajstić information content (AvgIpc) is 2.79. The van der Waals surface area contributed by atoms with Crippen molar-refractivity contribution < 1.29 is 9.59 Å². The van der Waals surface area contributed by atoms with E-state index in [1.165, 1.54) is 11.8 Å². The maximum atomic E-state index is 13.7. The number of benzene rings is 4. The second-order valence-electron chi connectivity index (χ2n) is 7.25. The highest BCUT2D eigenvalue weighted by Gasteiger charge is 2.33. The molecule has 0 fully saturated rings. The van der Waals surface area contributed by atoms with Crippen LogP contribution < -0.4 is 0 Å². The third-order valence-corrected chi connectivity index (χ3v) is 6.40. The van der Waals surface area contributed by atoms with Crippen LogP contribution in [0.5, 0.6) is 0 Å². The minimum atomic E-state index is -0.0787. The van der Waals surface area contributed by atoms with Crippen molar-refractivity contribution in [1.82, 2.24) is 0 Å². The van der Waals surface area contributed by atoms with Gasteiger partial charge in [0.2, 0.25) is 0 Å². The number of hydrogen-bond donors (Lipinski definition) is 0. The molecule has 0 aromatic heterocycles. The second kappa shape index (κ2) is 7.77. The Labute approximate surface area is 179 Å². The Bertz CT molecular complexity index is 1160. The van der Waals surface area contributed by atoms with Crippen LogP contribution in [0.1, 0.15) is 43.0 Å². The summed E-state index contributed by atoms with van der Waals surface area (Å²) in [7, 11) is 0. The van der Waals surface area contributed by atoms with Gasteiger partial charge in [-0.25, -0.2) is 0 Å². The molecule has 0 saturated carbocycles. The first kappa shape index (κ1) is 18.6. The van der Waals surface area contributed by atoms with Crippen LogP contribution in [0.3, 0.4) is 0 Å². The third kappa shape index (κ3) is 3.27. The minimum Gasteiger partial charge on any atom is -0.289 e. The zero-order valence-corrected chi connectivity index (χ0v) is 17.0. The van der Waals surface area contributed by atoms with Gasteiger partial charge in [0.1, 0.15) is 0 Å². The Kier molecular flexibility index (Phi) is 4.82. The van der Waals surface area contributed by atoms with Crippen LogP contribution in [0.4, 0.5) is 0 Å². The number of fused-ring (bicyclic) bond motifs is 2. The van der Waals surface area contributed by atoms with Crippen LogP contribution in [0.2, 0.25) is 0 Å². The summed E-state index contributed by atoms with van der Waals surface area (Å²) in [4.78, 5) is 28.9. The summed E-state index contributed by atoms with van der Waals surface area (Å²) in [5.74, 6) is -0.143. The van der Waals surface area contributed by atoms with Crippen molar-refractivity contribution in [2.24, 2.45) is 0 Å². The fourth-order valence-corrected chi connectivity index (χ4v) is 4.94. The van der Waals surface area contributed by atoms with E-state index in [4.69, 9.17) is 0 Å². The fraction of sp³-hybridized carbons (Fsp3) is 0.0370. The number of ketones is 2. The van der Waals surface area contributed by atoms with Gasteiger partial charge in [0, 0.05) is 32.0 Å². The lowest BCUT2D eigenvalue weighted by atomic mass is 9.80. The summed E-state index contributed by atoms with van der Waals surface area (Å²) in [6.07, 6.45) is 0.617. The van der Waals surface area contributed by atoms with Gasteiger partial charge < -0.3 is 0 Å². The summed E-state index contributed by atoms with van der Waals surface area (Å²) in [5, 5.41) is 0. The van der Waals surface area contributed by atoms with Gasteiger partial charge in [-0.2, -0.15) is 0 Å². The van der Waals surface area contributed by atoms with Crippen molar-refractivity contribution in [2.45, 2.75) is 16.2 Å². The van der Waals surface area contributed by atoms with E-state index >= 15 is 0 Å². The molecule has 3 heteroatoms. The molecule has 2 nitrogen and oxygen atoms in total. The molecule has 0 saturated heterocycles. The number of carbonyl (C=O) groups is 2. The third-order valence-electron chi connectivity index (χ3n) is 5.33. The van der Waals surface area contributed by atoms with E-state index in [1.807, 2.05) is 84.9 Å². The lowest BCUT2D eigenvalue weighted by Gasteiger charge is -2.22. The summed E-state index contributed by atoms with van der Waals surface area (Å²) in [6.45, 7) is 0. The second-order valence-corrected chi connectivity index (χ2v) is 8.37. The molecule has 0 spiro atoms. The van der Waals surface area contributed by atoms with Crippen molar-refractivity contribution in [3.05, 3.63) is 130 Å². The van der Waals surface area contributed by atoms with Crippen molar-refractivity contribution in [3.8, 4) is 0 Å². The van der Waals surface area contributed by atoms with Crippen LogP contribution in [0.25, 0.3) is 0 Å². The molecule has 0 unspecified atom stereocenters. The van der Waals surface area contributed by atoms with E-state index in [-0.39, 0.29) is 11.6 Å². The largest absolute Gasteiger partial charge is 0.289 e. The standard InChI is InChI=1S/C27H18O2S/c28-26-21-14-7-11-19(17-18-9-3-1-4-10-18)24(21)27(29)25-22(26)15-8-16-23(25)30-20-12-5-2-6-13-20/h1-16H,17H2. The summed E-state index contributed by atoms with van der Waals surface area (Å²) >= 11 is 1.52. The molecule has 0 N–H and O–H groups in total. The molecule has 5 rings (SSSR count). The summed E-state index contributed by atoms with van der Waals surface area (Å²) in [6, 6.07) is 31.1. The molecule has 0 atom stereocenters. The molecule has 1 aliphatic carbocycles. The molecule has 4 aromatic carbocycles. The number of carbonyl (C=O) groups excluding carboxylic acids is 2. The zero-order chi connectivity index (χ0) is 20.5. The van der Waals surface area contributed by atoms with Gasteiger partial charge >= 0.3 is 0 Å². The molecule has 144 valence electrons. The van der Waals surface area contributed by atoms with Gasteiger partial charge in [-0.15, -0.1) is 0 Å². The highest BCUT2D eigenvalue weighted by Crippen LogP contribution is 2.38. The van der Waals surface area contributed by atoms with E-state index in [0.29, 0.717) is 28.7 Å². The van der Waals surface area contributed by atoms with E-state index in [9.17, 15) is 9.59 Å². The highest BCUT2D eigenvalue weighted by atomic mass is 32.2. The average molecular weight is 407 g/mol. The SMILES string of the molecule is O=C1c2cccc(Cc3ccccc3)c2C(=O)c2c(Sc3ccccc3)cccc21. The van der Waals surface area contributed by atoms with E-state index in [1.54, 1.807) is 12.1 Å². The quantitative estimate of drug-likeness (QED) is 0.356. The molecule has 4 aromatic rings. The summed E-state index contributed by atoms with van der Waals surface area (Å²) in [5.41, 5.74) is 4.06. The fourth-order valence-electron chi connectivity index (χ4n) is 3.95. The van der Waals surface area contributed by atoms with Crippen LogP contribution in [-0.2, 0) is 6.42 Å². The van der Waals surface area contributed by atoms with Crippen molar-refractivity contribution in [1.29, 1.82) is 0 Å². The minimum absolute atomic E-state index is 0.0647. The van der Waals surface area contributed by atoms with Gasteiger partial charge in [0.05, 0.1) is 0 Å². The summed E-state index contributed by atoms with van der Waals surface area (Å²) < 4.78 is 0. The monoisotopic (exact) mass is 406 g/mol. The smallest absolute Gasteiger partial charge is 0.195 e. The molecular weight excluding hydrogens is 388 g/mol. The van der Waals surface area contributed by atoms with Crippen LogP contribution in [-0.4, -0.2) is 11.6 Å². The Morgan fingerprint density at radius 1 is 0.567 bits per heavy atom. The Hall–Kier alpha value is -3.43. The van der Waals surface area contributed by atoms with Gasteiger partial charge in [-0.05, 0) is 35.7 Å². The molecular formula is C27H18O2S. The van der Waals surface area contributed by atoms with E-state index in [0.717, 1.165) is 20.9 Å². The van der Waals surface area contributed by atoms with Crippen LogP contribution in [0, 0.1) is 0 Å². The molecule has 30 heavy (non-hydrogen) atoms. The molecule has 0 aliphatic heterocycles.